The van der Waals surface area contributed by atoms with Crippen LogP contribution in [0, 0.1) is 0 Å². The minimum absolute atomic E-state index is 0.355. The first-order chi connectivity index (χ1) is 14.2. The predicted molar refractivity (Wildman–Crippen MR) is 115 cm³/mol. The Balaban J connectivity index is 1.11. The Morgan fingerprint density at radius 2 is 1.62 bits per heavy atom. The lowest BCUT2D eigenvalue weighted by molar-refractivity contribution is 0.0238. The molecule has 4 aliphatic rings. The summed E-state index contributed by atoms with van der Waals surface area (Å²) in [5, 5.41) is 0. The zero-order valence-electron chi connectivity index (χ0n) is 17.9. The summed E-state index contributed by atoms with van der Waals surface area (Å²) in [6, 6.07) is 7.96. The highest BCUT2D eigenvalue weighted by Gasteiger charge is 2.32. The maximum absolute atomic E-state index is 5.53. The van der Waals surface area contributed by atoms with Crippen LogP contribution in [0.1, 0.15) is 31.2 Å². The number of fused-ring (bicyclic) bond motifs is 1. The molecule has 0 N–H and O–H groups in total. The van der Waals surface area contributed by atoms with E-state index in [1.807, 2.05) is 6.07 Å². The molecule has 3 fully saturated rings. The quantitative estimate of drug-likeness (QED) is 0.769. The highest BCUT2D eigenvalue weighted by molar-refractivity contribution is 5.44. The summed E-state index contributed by atoms with van der Waals surface area (Å²) in [6.07, 6.45) is 5.46. The van der Waals surface area contributed by atoms with Crippen molar-refractivity contribution < 1.29 is 9.47 Å². The lowest BCUT2D eigenvalue weighted by Crippen LogP contribution is -2.57. The number of likely N-dealkylation sites (tertiary alicyclic amines) is 2. The summed E-state index contributed by atoms with van der Waals surface area (Å²) in [4.78, 5) is 10.7. The third-order valence-corrected chi connectivity index (χ3v) is 7.40. The van der Waals surface area contributed by atoms with Gasteiger partial charge < -0.3 is 14.4 Å². The number of piperidine rings is 2. The molecule has 5 rings (SSSR count). The summed E-state index contributed by atoms with van der Waals surface area (Å²) < 4.78 is 11.0. The Labute approximate surface area is 175 Å². The SMILES string of the molecule is CN1CCC(N2CCC[C@@H](N3CCN(Cc4ccc5c(c4)OCO5)CC3)C2)CC1. The normalized spacial score (nSPS) is 28.1. The van der Waals surface area contributed by atoms with Crippen LogP contribution in [-0.4, -0.2) is 97.9 Å². The second-order valence-electron chi connectivity index (χ2n) is 9.33. The topological polar surface area (TPSA) is 31.4 Å². The number of ether oxygens (including phenoxy) is 2. The van der Waals surface area contributed by atoms with E-state index in [1.165, 1.54) is 83.6 Å². The van der Waals surface area contributed by atoms with E-state index < -0.39 is 0 Å². The van der Waals surface area contributed by atoms with Crippen LogP contribution in [-0.2, 0) is 6.54 Å². The van der Waals surface area contributed by atoms with Crippen molar-refractivity contribution in [3.63, 3.8) is 0 Å². The molecule has 0 unspecified atom stereocenters. The second-order valence-corrected chi connectivity index (χ2v) is 9.33. The van der Waals surface area contributed by atoms with Gasteiger partial charge in [-0.1, -0.05) is 6.07 Å². The fraction of sp³-hybridized carbons (Fsp3) is 0.739. The van der Waals surface area contributed by atoms with Crippen molar-refractivity contribution in [2.75, 3.05) is 66.2 Å². The highest BCUT2D eigenvalue weighted by Crippen LogP contribution is 2.33. The average Bonchev–Trinajstić information content (AvgIpc) is 3.23. The van der Waals surface area contributed by atoms with Crippen LogP contribution in [0.5, 0.6) is 11.5 Å². The molecule has 0 bridgehead atoms. The highest BCUT2D eigenvalue weighted by atomic mass is 16.7. The van der Waals surface area contributed by atoms with E-state index in [0.29, 0.717) is 6.79 Å². The number of nitrogens with zero attached hydrogens (tertiary/aromatic N) is 4. The Kier molecular flexibility index (Phi) is 5.95. The molecule has 1 aromatic rings. The number of rotatable bonds is 4. The summed E-state index contributed by atoms with van der Waals surface area (Å²) in [6.45, 7) is 11.2. The zero-order valence-corrected chi connectivity index (χ0v) is 17.9. The first-order valence-corrected chi connectivity index (χ1v) is 11.5. The van der Waals surface area contributed by atoms with Crippen LogP contribution in [0.4, 0.5) is 0 Å². The third-order valence-electron chi connectivity index (χ3n) is 7.40. The third kappa shape index (κ3) is 4.55. The molecule has 6 heteroatoms. The fourth-order valence-corrected chi connectivity index (χ4v) is 5.56. The maximum atomic E-state index is 5.53. The Morgan fingerprint density at radius 3 is 2.45 bits per heavy atom. The molecule has 0 amide bonds. The molecule has 0 spiro atoms. The van der Waals surface area contributed by atoms with Gasteiger partial charge in [-0.05, 0) is 70.1 Å². The zero-order chi connectivity index (χ0) is 19.6. The molecule has 4 heterocycles. The van der Waals surface area contributed by atoms with Gasteiger partial charge in [-0.15, -0.1) is 0 Å². The van der Waals surface area contributed by atoms with Crippen molar-refractivity contribution in [3.05, 3.63) is 23.8 Å². The molecular formula is C23H36N4O2. The monoisotopic (exact) mass is 400 g/mol. The molecule has 1 atom stereocenters. The molecule has 0 saturated carbocycles. The van der Waals surface area contributed by atoms with Crippen molar-refractivity contribution in [1.82, 2.24) is 19.6 Å². The molecule has 29 heavy (non-hydrogen) atoms. The van der Waals surface area contributed by atoms with Crippen LogP contribution in [0.3, 0.4) is 0 Å². The molecular weight excluding hydrogens is 364 g/mol. The number of hydrogen-bond donors (Lipinski definition) is 0. The molecule has 160 valence electrons. The summed E-state index contributed by atoms with van der Waals surface area (Å²) in [5.74, 6) is 1.78. The lowest BCUT2D eigenvalue weighted by atomic mass is 9.97. The van der Waals surface area contributed by atoms with Gasteiger partial charge in [0.1, 0.15) is 0 Å². The minimum Gasteiger partial charge on any atom is -0.454 e. The van der Waals surface area contributed by atoms with Crippen molar-refractivity contribution in [2.45, 2.75) is 44.3 Å². The van der Waals surface area contributed by atoms with Gasteiger partial charge >= 0.3 is 0 Å². The summed E-state index contributed by atoms with van der Waals surface area (Å²) >= 11 is 0. The van der Waals surface area contributed by atoms with E-state index in [4.69, 9.17) is 9.47 Å². The van der Waals surface area contributed by atoms with Crippen molar-refractivity contribution in [2.24, 2.45) is 0 Å². The molecule has 1 aromatic carbocycles. The van der Waals surface area contributed by atoms with E-state index in [9.17, 15) is 0 Å². The van der Waals surface area contributed by atoms with Gasteiger partial charge in [0.25, 0.3) is 0 Å². The smallest absolute Gasteiger partial charge is 0.231 e. The van der Waals surface area contributed by atoms with E-state index in [1.54, 1.807) is 0 Å². The van der Waals surface area contributed by atoms with Gasteiger partial charge in [-0.3, -0.25) is 14.7 Å². The van der Waals surface area contributed by atoms with Crippen molar-refractivity contribution in [1.29, 1.82) is 0 Å². The van der Waals surface area contributed by atoms with E-state index in [-0.39, 0.29) is 0 Å². The van der Waals surface area contributed by atoms with Gasteiger partial charge in [-0.2, -0.15) is 0 Å². The maximum Gasteiger partial charge on any atom is 0.231 e. The average molecular weight is 401 g/mol. The molecule has 4 aliphatic heterocycles. The standard InChI is InChI=1S/C23H36N4O2/c1-24-9-6-20(7-10-24)27-8-2-3-21(17-27)26-13-11-25(12-14-26)16-19-4-5-22-23(15-19)29-18-28-22/h4-5,15,20-21H,2-3,6-14,16-18H2,1H3/t21-/m1/s1. The first-order valence-electron chi connectivity index (χ1n) is 11.5. The van der Waals surface area contributed by atoms with E-state index in [0.717, 1.165) is 30.1 Å². The first kappa shape index (κ1) is 19.6. The Bertz CT molecular complexity index is 683. The molecule has 0 aliphatic carbocycles. The van der Waals surface area contributed by atoms with Gasteiger partial charge in [0.15, 0.2) is 11.5 Å². The van der Waals surface area contributed by atoms with Crippen LogP contribution in [0.2, 0.25) is 0 Å². The molecule has 0 aromatic heterocycles. The van der Waals surface area contributed by atoms with Crippen LogP contribution in [0.25, 0.3) is 0 Å². The van der Waals surface area contributed by atoms with Crippen LogP contribution >= 0.6 is 0 Å². The van der Waals surface area contributed by atoms with E-state index >= 15 is 0 Å². The summed E-state index contributed by atoms with van der Waals surface area (Å²) in [5.41, 5.74) is 1.33. The minimum atomic E-state index is 0.355. The predicted octanol–water partition coefficient (Wildman–Crippen LogP) is 2.09. The number of piperazine rings is 1. The molecule has 0 radical (unpaired) electrons. The van der Waals surface area contributed by atoms with Crippen LogP contribution in [0.15, 0.2) is 18.2 Å². The largest absolute Gasteiger partial charge is 0.454 e. The Hall–Kier alpha value is -1.34. The second kappa shape index (κ2) is 8.80. The van der Waals surface area contributed by atoms with E-state index in [2.05, 4.69) is 38.8 Å². The summed E-state index contributed by atoms with van der Waals surface area (Å²) in [7, 11) is 2.26. The number of hydrogen-bond acceptors (Lipinski definition) is 6. The lowest BCUT2D eigenvalue weighted by Gasteiger charge is -2.46. The van der Waals surface area contributed by atoms with Crippen molar-refractivity contribution in [3.8, 4) is 11.5 Å². The van der Waals surface area contributed by atoms with Crippen molar-refractivity contribution >= 4 is 0 Å². The molecule has 6 nitrogen and oxygen atoms in total. The van der Waals surface area contributed by atoms with Gasteiger partial charge in [0.05, 0.1) is 0 Å². The fourth-order valence-electron chi connectivity index (χ4n) is 5.56. The number of benzene rings is 1. The van der Waals surface area contributed by atoms with Crippen LogP contribution < -0.4 is 9.47 Å². The molecule has 3 saturated heterocycles. The van der Waals surface area contributed by atoms with Gasteiger partial charge in [0, 0.05) is 51.4 Å². The van der Waals surface area contributed by atoms with Gasteiger partial charge in [0.2, 0.25) is 6.79 Å². The van der Waals surface area contributed by atoms with Gasteiger partial charge in [-0.25, -0.2) is 0 Å². The Morgan fingerprint density at radius 1 is 0.828 bits per heavy atom.